The fraction of sp³-hybridized carbons (Fsp3) is 0.459. The number of alkyl halides is 1. The summed E-state index contributed by atoms with van der Waals surface area (Å²) in [5.74, 6) is 4.06. The fourth-order valence-corrected chi connectivity index (χ4v) is 6.86. The summed E-state index contributed by atoms with van der Waals surface area (Å²) >= 11 is 1.94. The van der Waals surface area contributed by atoms with Gasteiger partial charge in [0.15, 0.2) is 6.29 Å². The molecule has 3 aromatic rings. The first kappa shape index (κ1) is 30.7. The molecule has 0 aromatic heterocycles. The average molecular weight is 589 g/mol. The molecule has 0 N–H and O–H groups in total. The number of thioether (sulfide) groups is 1. The molecular formula is C37H45FO3S. The monoisotopic (exact) mass is 588 g/mol. The van der Waals surface area contributed by atoms with Crippen LogP contribution in [0.1, 0.15) is 86.5 Å². The number of fused-ring (bicyclic) bond motifs is 1. The average Bonchev–Trinajstić information content (AvgIpc) is 3.22. The SMILES string of the molecule is FCCCCSCCCCCOc1ccc(C2=C(c3ccccc3)CCCc3cc(OC4CCCCO4)ccc32)cc1. The van der Waals surface area contributed by atoms with Crippen molar-refractivity contribution in [2.24, 2.45) is 0 Å². The lowest BCUT2D eigenvalue weighted by atomic mass is 9.88. The quantitative estimate of drug-likeness (QED) is 0.165. The van der Waals surface area contributed by atoms with Crippen LogP contribution >= 0.6 is 11.8 Å². The number of hydrogen-bond acceptors (Lipinski definition) is 4. The minimum absolute atomic E-state index is 0.137. The number of aryl methyl sites for hydroxylation is 1. The maximum Gasteiger partial charge on any atom is 0.199 e. The van der Waals surface area contributed by atoms with Crippen LogP contribution in [0.5, 0.6) is 11.5 Å². The molecule has 0 saturated carbocycles. The van der Waals surface area contributed by atoms with E-state index in [-0.39, 0.29) is 13.0 Å². The molecule has 42 heavy (non-hydrogen) atoms. The summed E-state index contributed by atoms with van der Waals surface area (Å²) in [4.78, 5) is 0. The van der Waals surface area contributed by atoms with E-state index in [0.717, 1.165) is 94.0 Å². The Morgan fingerprint density at radius 2 is 1.57 bits per heavy atom. The van der Waals surface area contributed by atoms with Gasteiger partial charge in [0, 0.05) is 6.42 Å². The summed E-state index contributed by atoms with van der Waals surface area (Å²) in [5.41, 5.74) is 7.85. The molecule has 0 amide bonds. The zero-order valence-corrected chi connectivity index (χ0v) is 25.6. The van der Waals surface area contributed by atoms with E-state index in [0.29, 0.717) is 6.42 Å². The second kappa shape index (κ2) is 16.8. The van der Waals surface area contributed by atoms with E-state index in [1.54, 1.807) is 0 Å². The van der Waals surface area contributed by atoms with E-state index >= 15 is 0 Å². The third-order valence-corrected chi connectivity index (χ3v) is 9.22. The minimum atomic E-state index is -0.190. The molecule has 1 atom stereocenters. The van der Waals surface area contributed by atoms with E-state index < -0.39 is 0 Å². The van der Waals surface area contributed by atoms with Crippen LogP contribution in [-0.4, -0.2) is 37.7 Å². The Labute approximate surface area is 255 Å². The molecule has 1 aliphatic carbocycles. The van der Waals surface area contributed by atoms with Crippen LogP contribution in [-0.2, 0) is 11.2 Å². The van der Waals surface area contributed by atoms with Crippen molar-refractivity contribution < 1.29 is 18.6 Å². The maximum atomic E-state index is 12.2. The highest BCUT2D eigenvalue weighted by molar-refractivity contribution is 7.99. The van der Waals surface area contributed by atoms with Crippen molar-refractivity contribution in [2.45, 2.75) is 76.9 Å². The zero-order valence-electron chi connectivity index (χ0n) is 24.8. The molecular weight excluding hydrogens is 543 g/mol. The molecule has 0 spiro atoms. The van der Waals surface area contributed by atoms with Gasteiger partial charge in [-0.2, -0.15) is 11.8 Å². The maximum absolute atomic E-state index is 12.2. The molecule has 1 saturated heterocycles. The van der Waals surface area contributed by atoms with Gasteiger partial charge in [0.25, 0.3) is 0 Å². The molecule has 0 bridgehead atoms. The first-order chi connectivity index (χ1) is 20.8. The van der Waals surface area contributed by atoms with Gasteiger partial charge in [-0.25, -0.2) is 0 Å². The second-order valence-electron chi connectivity index (χ2n) is 11.2. The van der Waals surface area contributed by atoms with Crippen molar-refractivity contribution in [3.8, 4) is 11.5 Å². The van der Waals surface area contributed by atoms with Crippen molar-refractivity contribution in [3.05, 3.63) is 95.1 Å². The standard InChI is InChI=1S/C37H45FO3S/c38-23-6-10-27-42-26-9-2-7-24-39-32-19-17-30(18-20-32)37-34(29-12-3-1-4-13-29)15-11-14-31-28-33(21-22-35(31)37)41-36-16-5-8-25-40-36/h1,3-4,12-13,17-22,28,36H,2,5-11,14-16,23-27H2. The smallest absolute Gasteiger partial charge is 0.199 e. The summed E-state index contributed by atoms with van der Waals surface area (Å²) in [5, 5.41) is 0. The first-order valence-corrected chi connectivity index (χ1v) is 17.0. The van der Waals surface area contributed by atoms with Gasteiger partial charge in [0.1, 0.15) is 11.5 Å². The van der Waals surface area contributed by atoms with E-state index in [1.807, 2.05) is 11.8 Å². The number of allylic oxidation sites excluding steroid dienone is 1. The molecule has 224 valence electrons. The van der Waals surface area contributed by atoms with Crippen molar-refractivity contribution in [2.75, 3.05) is 31.4 Å². The third-order valence-electron chi connectivity index (χ3n) is 8.07. The Morgan fingerprint density at radius 3 is 2.36 bits per heavy atom. The highest BCUT2D eigenvalue weighted by atomic mass is 32.2. The van der Waals surface area contributed by atoms with Crippen molar-refractivity contribution in [3.63, 3.8) is 0 Å². The number of ether oxygens (including phenoxy) is 3. The lowest BCUT2D eigenvalue weighted by Gasteiger charge is -2.24. The Morgan fingerprint density at radius 1 is 0.762 bits per heavy atom. The lowest BCUT2D eigenvalue weighted by Crippen LogP contribution is -2.25. The van der Waals surface area contributed by atoms with Gasteiger partial charge in [0.05, 0.1) is 19.9 Å². The Balaban J connectivity index is 1.27. The van der Waals surface area contributed by atoms with Crippen LogP contribution < -0.4 is 9.47 Å². The summed E-state index contributed by atoms with van der Waals surface area (Å²) < 4.78 is 30.4. The third kappa shape index (κ3) is 8.87. The van der Waals surface area contributed by atoms with Crippen molar-refractivity contribution in [1.82, 2.24) is 0 Å². The van der Waals surface area contributed by atoms with Gasteiger partial charge in [-0.1, -0.05) is 48.5 Å². The van der Waals surface area contributed by atoms with E-state index in [9.17, 15) is 4.39 Å². The van der Waals surface area contributed by atoms with Gasteiger partial charge in [0.2, 0.25) is 0 Å². The molecule has 2 aliphatic rings. The number of hydrogen-bond donors (Lipinski definition) is 0. The second-order valence-corrected chi connectivity index (χ2v) is 12.5. The van der Waals surface area contributed by atoms with Crippen LogP contribution in [0.2, 0.25) is 0 Å². The number of rotatable bonds is 15. The minimum Gasteiger partial charge on any atom is -0.494 e. The molecule has 0 radical (unpaired) electrons. The highest BCUT2D eigenvalue weighted by Crippen LogP contribution is 2.41. The lowest BCUT2D eigenvalue weighted by molar-refractivity contribution is -0.105. The van der Waals surface area contributed by atoms with Crippen LogP contribution in [0.4, 0.5) is 4.39 Å². The molecule has 5 rings (SSSR count). The van der Waals surface area contributed by atoms with E-state index in [2.05, 4.69) is 72.8 Å². The van der Waals surface area contributed by atoms with E-state index in [1.165, 1.54) is 39.8 Å². The molecule has 1 unspecified atom stereocenters. The number of benzene rings is 3. The fourth-order valence-electron chi connectivity index (χ4n) is 5.84. The largest absolute Gasteiger partial charge is 0.494 e. The number of halogens is 1. The van der Waals surface area contributed by atoms with E-state index in [4.69, 9.17) is 14.2 Å². The molecule has 1 heterocycles. The first-order valence-electron chi connectivity index (χ1n) is 15.9. The van der Waals surface area contributed by atoms with Crippen molar-refractivity contribution >= 4 is 22.9 Å². The molecule has 1 fully saturated rings. The predicted molar refractivity (Wildman–Crippen MR) is 174 cm³/mol. The van der Waals surface area contributed by atoms with Crippen LogP contribution in [0, 0.1) is 0 Å². The summed E-state index contributed by atoms with van der Waals surface area (Å²) in [6.45, 7) is 1.33. The van der Waals surface area contributed by atoms with Gasteiger partial charge in [-0.05, 0) is 133 Å². The highest BCUT2D eigenvalue weighted by Gasteiger charge is 2.22. The Hall–Kier alpha value is -2.76. The van der Waals surface area contributed by atoms with Crippen LogP contribution in [0.3, 0.4) is 0 Å². The van der Waals surface area contributed by atoms with Crippen LogP contribution in [0.15, 0.2) is 72.8 Å². The number of unbranched alkanes of at least 4 members (excludes halogenated alkanes) is 3. The molecule has 3 nitrogen and oxygen atoms in total. The Kier molecular flexibility index (Phi) is 12.3. The summed E-state index contributed by atoms with van der Waals surface area (Å²) in [7, 11) is 0. The predicted octanol–water partition coefficient (Wildman–Crippen LogP) is 9.92. The zero-order chi connectivity index (χ0) is 28.8. The van der Waals surface area contributed by atoms with Crippen molar-refractivity contribution in [1.29, 1.82) is 0 Å². The van der Waals surface area contributed by atoms with Gasteiger partial charge in [-0.3, -0.25) is 4.39 Å². The molecule has 1 aliphatic heterocycles. The van der Waals surface area contributed by atoms with Crippen LogP contribution in [0.25, 0.3) is 11.1 Å². The molecule has 5 heteroatoms. The summed E-state index contributed by atoms with van der Waals surface area (Å²) in [6.07, 6.45) is 11.3. The van der Waals surface area contributed by atoms with Gasteiger partial charge >= 0.3 is 0 Å². The van der Waals surface area contributed by atoms with Gasteiger partial charge < -0.3 is 14.2 Å². The normalized spacial score (nSPS) is 17.0. The van der Waals surface area contributed by atoms with Gasteiger partial charge in [-0.15, -0.1) is 0 Å². The molecule has 3 aromatic carbocycles. The topological polar surface area (TPSA) is 27.7 Å². The Bertz CT molecular complexity index is 1250. The summed E-state index contributed by atoms with van der Waals surface area (Å²) in [6, 6.07) is 26.1.